The van der Waals surface area contributed by atoms with Crippen molar-refractivity contribution in [3.05, 3.63) is 53.6 Å². The molecule has 252 valence electrons. The smallest absolute Gasteiger partial charge is 0.319 e. The highest BCUT2D eigenvalue weighted by atomic mass is 19.1. The van der Waals surface area contributed by atoms with E-state index in [1.807, 2.05) is 6.07 Å². The van der Waals surface area contributed by atoms with E-state index in [0.717, 1.165) is 45.2 Å². The number of benzene rings is 3. The van der Waals surface area contributed by atoms with Crippen molar-refractivity contribution >= 4 is 39.1 Å². The average Bonchev–Trinajstić information content (AvgIpc) is 3.60. The lowest BCUT2D eigenvalue weighted by atomic mass is 9.90. The van der Waals surface area contributed by atoms with Gasteiger partial charge in [-0.15, -0.1) is 0 Å². The van der Waals surface area contributed by atoms with Gasteiger partial charge in [-0.3, -0.25) is 9.69 Å². The van der Waals surface area contributed by atoms with E-state index in [2.05, 4.69) is 20.1 Å². The molecule has 3 atom stereocenters. The Kier molecular flexibility index (Phi) is 8.05. The van der Waals surface area contributed by atoms with Gasteiger partial charge >= 0.3 is 6.01 Å². The number of piperidine rings is 1. The monoisotopic (exact) mass is 658 g/mol. The van der Waals surface area contributed by atoms with Crippen LogP contribution in [-0.4, -0.2) is 71.8 Å². The maximum Gasteiger partial charge on any atom is 0.319 e. The first-order valence-electron chi connectivity index (χ1n) is 17.3. The summed E-state index contributed by atoms with van der Waals surface area (Å²) < 4.78 is 53.5. The Morgan fingerprint density at radius 1 is 1.00 bits per heavy atom. The molecule has 3 unspecified atom stereocenters. The van der Waals surface area contributed by atoms with Crippen LogP contribution in [0.25, 0.3) is 32.8 Å². The van der Waals surface area contributed by atoms with E-state index in [4.69, 9.17) is 15.5 Å². The fourth-order valence-corrected chi connectivity index (χ4v) is 8.71. The van der Waals surface area contributed by atoms with Gasteiger partial charge in [0.15, 0.2) is 5.82 Å². The first kappa shape index (κ1) is 31.2. The summed E-state index contributed by atoms with van der Waals surface area (Å²) in [7, 11) is 0. The zero-order valence-corrected chi connectivity index (χ0v) is 27.0. The number of hydrogen-bond acceptors (Lipinski definition) is 7. The molecular formula is C37H41F3N6O2. The van der Waals surface area contributed by atoms with Crippen molar-refractivity contribution in [2.24, 2.45) is 5.92 Å². The minimum atomic E-state index is -0.903. The highest BCUT2D eigenvalue weighted by Crippen LogP contribution is 2.42. The number of fused-ring (bicyclic) bond motifs is 8. The van der Waals surface area contributed by atoms with E-state index in [1.165, 1.54) is 6.07 Å². The molecule has 3 saturated heterocycles. The van der Waals surface area contributed by atoms with Crippen molar-refractivity contribution in [3.8, 4) is 17.1 Å². The third-order valence-electron chi connectivity index (χ3n) is 11.0. The van der Waals surface area contributed by atoms with Crippen LogP contribution < -0.4 is 20.7 Å². The number of nitrogens with one attached hydrogen (secondary N) is 1. The molecule has 1 aromatic heterocycles. The van der Waals surface area contributed by atoms with Crippen LogP contribution in [0.3, 0.4) is 0 Å². The average molecular weight is 659 g/mol. The molecule has 48 heavy (non-hydrogen) atoms. The molecule has 3 fully saturated rings. The van der Waals surface area contributed by atoms with Crippen LogP contribution in [-0.2, 0) is 11.2 Å². The minimum absolute atomic E-state index is 0.0595. The standard InChI is InChI=1S/C37H41F3N6O2/c38-24-18-37(12-3-15-46(37)20-24)21-48-36-43-34-28-9-8-26(33(34)40)29-17-25(41)16-23-7-10-30(39)27(32(23)29)5-1-6-31(47)42-13-11-22-4-2-14-45(19-22)35(28)44-36/h7-10,16-17,22,24H,1-6,11-15,18-21,41H2,(H,42,47). The van der Waals surface area contributed by atoms with Crippen molar-refractivity contribution in [1.29, 1.82) is 0 Å². The van der Waals surface area contributed by atoms with Crippen LogP contribution >= 0.6 is 0 Å². The Morgan fingerprint density at radius 2 is 1.90 bits per heavy atom. The predicted molar refractivity (Wildman–Crippen MR) is 181 cm³/mol. The summed E-state index contributed by atoms with van der Waals surface area (Å²) in [5, 5.41) is 4.87. The fourth-order valence-electron chi connectivity index (χ4n) is 8.71. The van der Waals surface area contributed by atoms with Gasteiger partial charge in [0.1, 0.15) is 29.9 Å². The van der Waals surface area contributed by atoms with Crippen molar-refractivity contribution in [1.82, 2.24) is 20.2 Å². The first-order valence-corrected chi connectivity index (χ1v) is 17.3. The van der Waals surface area contributed by atoms with Crippen LogP contribution in [0, 0.1) is 17.6 Å². The number of ether oxygens (including phenoxy) is 1. The number of alkyl halides is 1. The molecule has 0 saturated carbocycles. The molecule has 9 rings (SSSR count). The lowest BCUT2D eigenvalue weighted by molar-refractivity contribution is -0.121. The third-order valence-corrected chi connectivity index (χ3v) is 11.0. The van der Waals surface area contributed by atoms with Gasteiger partial charge in [0.05, 0.1) is 5.54 Å². The second kappa shape index (κ2) is 12.4. The summed E-state index contributed by atoms with van der Waals surface area (Å²) in [6.45, 7) is 3.45. The summed E-state index contributed by atoms with van der Waals surface area (Å²) in [4.78, 5) is 26.7. The summed E-state index contributed by atoms with van der Waals surface area (Å²) in [5.74, 6) is -0.134. The summed E-state index contributed by atoms with van der Waals surface area (Å²) in [5.41, 5.74) is 7.59. The van der Waals surface area contributed by atoms with E-state index in [-0.39, 0.29) is 36.0 Å². The van der Waals surface area contributed by atoms with E-state index in [1.54, 1.807) is 24.3 Å². The molecule has 6 heterocycles. The number of halogens is 3. The number of nitrogens with two attached hydrogens (primary N) is 1. The Labute approximate surface area is 277 Å². The van der Waals surface area contributed by atoms with Gasteiger partial charge in [-0.05, 0) is 104 Å². The second-order valence-electron chi connectivity index (χ2n) is 14.2. The molecule has 3 aromatic carbocycles. The minimum Gasteiger partial charge on any atom is -0.461 e. The maximum atomic E-state index is 17.1. The van der Waals surface area contributed by atoms with Gasteiger partial charge < -0.3 is 20.7 Å². The zero-order valence-electron chi connectivity index (χ0n) is 27.0. The number of carbonyl (C=O) groups is 1. The van der Waals surface area contributed by atoms with E-state index >= 15 is 8.78 Å². The molecule has 0 radical (unpaired) electrons. The van der Waals surface area contributed by atoms with Gasteiger partial charge in [-0.1, -0.05) is 12.1 Å². The molecule has 1 amide bonds. The van der Waals surface area contributed by atoms with Crippen molar-refractivity contribution < 1.29 is 22.7 Å². The highest BCUT2D eigenvalue weighted by molar-refractivity contribution is 6.03. The molecule has 0 spiro atoms. The van der Waals surface area contributed by atoms with Crippen LogP contribution in [0.1, 0.15) is 56.9 Å². The number of carbonyl (C=O) groups excluding carboxylic acids is 1. The molecule has 5 aliphatic rings. The number of aromatic nitrogens is 2. The lowest BCUT2D eigenvalue weighted by Gasteiger charge is -2.34. The molecule has 8 nitrogen and oxygen atoms in total. The topological polar surface area (TPSA) is 96.6 Å². The number of rotatable bonds is 3. The van der Waals surface area contributed by atoms with Crippen LogP contribution in [0.5, 0.6) is 6.01 Å². The fraction of sp³-hybridized carbons (Fsp3) is 0.486. The summed E-state index contributed by atoms with van der Waals surface area (Å²) in [6.07, 6.45) is 5.08. The number of nitrogen functional groups attached to an aromatic ring is 1. The Bertz CT molecular complexity index is 1910. The number of nitrogens with zero attached hydrogens (tertiary/aromatic N) is 4. The molecule has 3 N–H and O–H groups in total. The van der Waals surface area contributed by atoms with Crippen molar-refractivity contribution in [3.63, 3.8) is 0 Å². The highest BCUT2D eigenvalue weighted by Gasteiger charge is 2.49. The maximum absolute atomic E-state index is 17.1. The quantitative estimate of drug-likeness (QED) is 0.249. The Morgan fingerprint density at radius 3 is 2.79 bits per heavy atom. The molecular weight excluding hydrogens is 617 g/mol. The number of anilines is 2. The van der Waals surface area contributed by atoms with E-state index < -0.39 is 23.3 Å². The third kappa shape index (κ3) is 5.59. The molecule has 4 aromatic rings. The van der Waals surface area contributed by atoms with E-state index in [0.29, 0.717) is 83.6 Å². The van der Waals surface area contributed by atoms with E-state index in [9.17, 15) is 9.18 Å². The second-order valence-corrected chi connectivity index (χ2v) is 14.2. The van der Waals surface area contributed by atoms with Gasteiger partial charge in [0.25, 0.3) is 0 Å². The van der Waals surface area contributed by atoms with Crippen molar-refractivity contribution in [2.75, 3.05) is 50.0 Å². The number of aryl methyl sites for hydroxylation is 1. The van der Waals surface area contributed by atoms with Crippen LogP contribution in [0.4, 0.5) is 24.7 Å². The van der Waals surface area contributed by atoms with Crippen LogP contribution in [0.15, 0.2) is 36.4 Å². The number of amides is 1. The van der Waals surface area contributed by atoms with Gasteiger partial charge in [0.2, 0.25) is 5.91 Å². The SMILES string of the molecule is Nc1cc2c3c(c(F)ccc3c1)CCCC(=O)NCCC1CCCN(C1)c1nc(OCC34CCCN3CC(F)C4)nc3c(F)c-2ccc13. The van der Waals surface area contributed by atoms with Gasteiger partial charge in [0, 0.05) is 55.7 Å². The summed E-state index contributed by atoms with van der Waals surface area (Å²) in [6, 6.07) is 10.1. The molecule has 0 aliphatic carbocycles. The van der Waals surface area contributed by atoms with Gasteiger partial charge in [-0.25, -0.2) is 13.2 Å². The lowest BCUT2D eigenvalue weighted by Crippen LogP contribution is -2.43. The molecule has 11 heteroatoms. The largest absolute Gasteiger partial charge is 0.461 e. The van der Waals surface area contributed by atoms with Gasteiger partial charge in [-0.2, -0.15) is 9.97 Å². The molecule has 5 aliphatic heterocycles. The Balaban J connectivity index is 1.29. The Hall–Kier alpha value is -4.12. The predicted octanol–water partition coefficient (Wildman–Crippen LogP) is 6.32. The normalized spacial score (nSPS) is 25.0. The summed E-state index contributed by atoms with van der Waals surface area (Å²) >= 11 is 0. The zero-order chi connectivity index (χ0) is 33.0. The molecule has 6 bridgehead atoms. The number of hydrogen-bond donors (Lipinski definition) is 2. The van der Waals surface area contributed by atoms with Crippen molar-refractivity contribution in [2.45, 2.75) is 69.5 Å². The van der Waals surface area contributed by atoms with Crippen LogP contribution in [0.2, 0.25) is 0 Å². The first-order chi connectivity index (χ1) is 23.3.